The Morgan fingerprint density at radius 1 is 1.43 bits per heavy atom. The van der Waals surface area contributed by atoms with E-state index >= 15 is 0 Å². The maximum Gasteiger partial charge on any atom is 0.257 e. The molecule has 0 unspecified atom stereocenters. The molecule has 6 heteroatoms. The Morgan fingerprint density at radius 3 is 3.09 bits per heavy atom. The van der Waals surface area contributed by atoms with E-state index in [0.717, 1.165) is 11.9 Å². The van der Waals surface area contributed by atoms with Gasteiger partial charge in [-0.15, -0.1) is 0 Å². The second-order valence-electron chi connectivity index (χ2n) is 6.32. The first-order valence-electron chi connectivity index (χ1n) is 8.01. The van der Waals surface area contributed by atoms with Gasteiger partial charge < -0.3 is 9.73 Å². The minimum absolute atomic E-state index is 0.0428. The first-order chi connectivity index (χ1) is 11.0. The number of amides is 1. The summed E-state index contributed by atoms with van der Waals surface area (Å²) in [7, 11) is 0. The Bertz CT molecular complexity index is 703. The predicted octanol–water partition coefficient (Wildman–Crippen LogP) is 4.51. The van der Waals surface area contributed by atoms with Gasteiger partial charge in [-0.2, -0.15) is 0 Å². The van der Waals surface area contributed by atoms with Crippen LogP contribution in [0.4, 0.5) is 0 Å². The van der Waals surface area contributed by atoms with Crippen molar-refractivity contribution in [1.29, 1.82) is 0 Å². The van der Waals surface area contributed by atoms with Crippen LogP contribution in [0.2, 0.25) is 5.02 Å². The number of fused-ring (bicyclic) bond motifs is 1. The van der Waals surface area contributed by atoms with Crippen molar-refractivity contribution >= 4 is 40.4 Å². The highest BCUT2D eigenvalue weighted by Crippen LogP contribution is 2.30. The van der Waals surface area contributed by atoms with Crippen molar-refractivity contribution in [2.45, 2.75) is 44.4 Å². The summed E-state index contributed by atoms with van der Waals surface area (Å²) in [5.74, 6) is 1.56. The standard InChI is InChI=1S/C17H21ClN2O2S/c1-10-4-3-5-13(11(10)2)19-16(21)9-23-17-20-14-8-12(18)6-7-15(14)22-17/h6-8,10-11,13H,3-5,9H2,1-2H3,(H,19,21)/t10-,11+,13-/m1/s1. The van der Waals surface area contributed by atoms with Crippen LogP contribution in [0.3, 0.4) is 0 Å². The van der Waals surface area contributed by atoms with Gasteiger partial charge in [0.05, 0.1) is 5.75 Å². The lowest BCUT2D eigenvalue weighted by molar-refractivity contribution is -0.120. The number of carbonyl (C=O) groups is 1. The minimum Gasteiger partial charge on any atom is -0.431 e. The monoisotopic (exact) mass is 352 g/mol. The number of oxazole rings is 1. The van der Waals surface area contributed by atoms with Crippen LogP contribution < -0.4 is 5.32 Å². The molecule has 1 aliphatic rings. The molecule has 1 N–H and O–H groups in total. The Morgan fingerprint density at radius 2 is 2.26 bits per heavy atom. The van der Waals surface area contributed by atoms with Gasteiger partial charge in [-0.05, 0) is 36.5 Å². The molecule has 1 aliphatic carbocycles. The van der Waals surface area contributed by atoms with Gasteiger partial charge in [0, 0.05) is 11.1 Å². The Balaban J connectivity index is 1.55. The first-order valence-corrected chi connectivity index (χ1v) is 9.37. The van der Waals surface area contributed by atoms with Crippen LogP contribution in [0.5, 0.6) is 0 Å². The second kappa shape index (κ2) is 7.14. The van der Waals surface area contributed by atoms with Gasteiger partial charge >= 0.3 is 0 Å². The fraction of sp³-hybridized carbons (Fsp3) is 0.529. The topological polar surface area (TPSA) is 55.1 Å². The zero-order valence-electron chi connectivity index (χ0n) is 13.3. The van der Waals surface area contributed by atoms with E-state index in [1.54, 1.807) is 18.2 Å². The van der Waals surface area contributed by atoms with Gasteiger partial charge in [-0.3, -0.25) is 4.79 Å². The Labute approximate surface area is 145 Å². The van der Waals surface area contributed by atoms with Crippen molar-refractivity contribution in [2.24, 2.45) is 11.8 Å². The third-order valence-electron chi connectivity index (χ3n) is 4.71. The average Bonchev–Trinajstić information content (AvgIpc) is 2.92. The molecule has 2 aromatic rings. The molecule has 1 fully saturated rings. The molecule has 124 valence electrons. The molecule has 23 heavy (non-hydrogen) atoms. The quantitative estimate of drug-likeness (QED) is 0.822. The van der Waals surface area contributed by atoms with Crippen LogP contribution >= 0.6 is 23.4 Å². The summed E-state index contributed by atoms with van der Waals surface area (Å²) in [5.41, 5.74) is 1.40. The molecule has 0 radical (unpaired) electrons. The second-order valence-corrected chi connectivity index (χ2v) is 7.68. The predicted molar refractivity (Wildman–Crippen MR) is 93.9 cm³/mol. The minimum atomic E-state index is 0.0428. The van der Waals surface area contributed by atoms with Crippen LogP contribution in [-0.4, -0.2) is 22.7 Å². The van der Waals surface area contributed by atoms with Crippen molar-refractivity contribution < 1.29 is 9.21 Å². The summed E-state index contributed by atoms with van der Waals surface area (Å²) in [5, 5.41) is 4.29. The third-order valence-corrected chi connectivity index (χ3v) is 5.77. The fourth-order valence-corrected chi connectivity index (χ4v) is 3.92. The van der Waals surface area contributed by atoms with Gasteiger partial charge in [0.15, 0.2) is 5.58 Å². The van der Waals surface area contributed by atoms with Crippen LogP contribution in [0, 0.1) is 11.8 Å². The summed E-state index contributed by atoms with van der Waals surface area (Å²) in [4.78, 5) is 16.5. The molecular formula is C17H21ClN2O2S. The molecule has 1 saturated carbocycles. The summed E-state index contributed by atoms with van der Waals surface area (Å²) in [6.45, 7) is 4.49. The smallest absolute Gasteiger partial charge is 0.257 e. The van der Waals surface area contributed by atoms with Crippen LogP contribution in [0.15, 0.2) is 27.8 Å². The number of thioether (sulfide) groups is 1. The molecule has 0 spiro atoms. The maximum absolute atomic E-state index is 12.2. The molecular weight excluding hydrogens is 332 g/mol. The van der Waals surface area contributed by atoms with E-state index in [9.17, 15) is 4.79 Å². The normalized spacial score (nSPS) is 24.7. The molecule has 3 atom stereocenters. The number of nitrogens with zero attached hydrogens (tertiary/aromatic N) is 1. The zero-order chi connectivity index (χ0) is 16.4. The van der Waals surface area contributed by atoms with Crippen molar-refractivity contribution in [3.05, 3.63) is 23.2 Å². The van der Waals surface area contributed by atoms with E-state index in [0.29, 0.717) is 33.4 Å². The lowest BCUT2D eigenvalue weighted by Crippen LogP contribution is -2.44. The van der Waals surface area contributed by atoms with Crippen LogP contribution in [0.25, 0.3) is 11.1 Å². The molecule has 4 nitrogen and oxygen atoms in total. The number of aromatic nitrogens is 1. The van der Waals surface area contributed by atoms with Gasteiger partial charge in [0.1, 0.15) is 5.52 Å². The highest BCUT2D eigenvalue weighted by atomic mass is 35.5. The SMILES string of the molecule is C[C@H]1[C@H](C)CCC[C@H]1NC(=O)CSc1nc2cc(Cl)ccc2o1. The van der Waals surface area contributed by atoms with Crippen molar-refractivity contribution in [3.63, 3.8) is 0 Å². The van der Waals surface area contributed by atoms with Crippen molar-refractivity contribution in [2.75, 3.05) is 5.75 Å². The first kappa shape index (κ1) is 16.7. The van der Waals surface area contributed by atoms with E-state index in [4.69, 9.17) is 16.0 Å². The van der Waals surface area contributed by atoms with E-state index in [-0.39, 0.29) is 11.9 Å². The molecule has 1 heterocycles. The fourth-order valence-electron chi connectivity index (χ4n) is 3.10. The van der Waals surface area contributed by atoms with Gasteiger partial charge in [0.2, 0.25) is 5.91 Å². The highest BCUT2D eigenvalue weighted by Gasteiger charge is 2.28. The maximum atomic E-state index is 12.2. The summed E-state index contributed by atoms with van der Waals surface area (Å²) < 4.78 is 5.61. The number of halogens is 1. The number of hydrogen-bond donors (Lipinski definition) is 1. The number of carbonyl (C=O) groups excluding carboxylic acids is 1. The number of rotatable bonds is 4. The van der Waals surface area contributed by atoms with Crippen LogP contribution in [0.1, 0.15) is 33.1 Å². The molecule has 0 saturated heterocycles. The zero-order valence-corrected chi connectivity index (χ0v) is 14.9. The lowest BCUT2D eigenvalue weighted by atomic mass is 9.78. The summed E-state index contributed by atoms with van der Waals surface area (Å²) in [6.07, 6.45) is 3.52. The Kier molecular flexibility index (Phi) is 5.17. The summed E-state index contributed by atoms with van der Waals surface area (Å²) in [6, 6.07) is 5.60. The number of nitrogens with one attached hydrogen (secondary N) is 1. The number of hydrogen-bond acceptors (Lipinski definition) is 4. The van der Waals surface area contributed by atoms with Gasteiger partial charge in [0.25, 0.3) is 5.22 Å². The third kappa shape index (κ3) is 4.01. The summed E-state index contributed by atoms with van der Waals surface area (Å²) >= 11 is 7.25. The average molecular weight is 353 g/mol. The molecule has 1 aromatic carbocycles. The molecule has 0 aliphatic heterocycles. The largest absolute Gasteiger partial charge is 0.431 e. The lowest BCUT2D eigenvalue weighted by Gasteiger charge is -2.34. The highest BCUT2D eigenvalue weighted by molar-refractivity contribution is 7.99. The van der Waals surface area contributed by atoms with Crippen LogP contribution in [-0.2, 0) is 4.79 Å². The van der Waals surface area contributed by atoms with Gasteiger partial charge in [-0.1, -0.05) is 50.1 Å². The van der Waals surface area contributed by atoms with Gasteiger partial charge in [-0.25, -0.2) is 4.98 Å². The van der Waals surface area contributed by atoms with E-state index < -0.39 is 0 Å². The molecule has 1 amide bonds. The van der Waals surface area contributed by atoms with E-state index in [1.165, 1.54) is 24.6 Å². The van der Waals surface area contributed by atoms with E-state index in [2.05, 4.69) is 24.1 Å². The number of benzene rings is 1. The van der Waals surface area contributed by atoms with Crippen molar-refractivity contribution in [1.82, 2.24) is 10.3 Å². The Hall–Kier alpha value is -1.20. The molecule has 0 bridgehead atoms. The molecule has 1 aromatic heterocycles. The van der Waals surface area contributed by atoms with Crippen molar-refractivity contribution in [3.8, 4) is 0 Å². The molecule has 3 rings (SSSR count). The van der Waals surface area contributed by atoms with E-state index in [1.807, 2.05) is 0 Å².